The topological polar surface area (TPSA) is 79.8 Å². The standard InChI is InChI=1S/C21H27N5O3/c1-21(2,3)24-20-22-7-6-16(23-20)19(27)26-10-8-25(9-11-26)13-15-4-5-17-18(12-15)29-14-28-17/h4-7,12H,8-11,13-14H2,1-3H3,(H,22,23,24). The molecule has 154 valence electrons. The molecule has 2 aliphatic heterocycles. The molecule has 8 nitrogen and oxygen atoms in total. The monoisotopic (exact) mass is 397 g/mol. The van der Waals surface area contributed by atoms with Crippen LogP contribution in [0.4, 0.5) is 5.95 Å². The van der Waals surface area contributed by atoms with E-state index in [4.69, 9.17) is 9.47 Å². The van der Waals surface area contributed by atoms with Crippen LogP contribution in [0, 0.1) is 0 Å². The number of anilines is 1. The van der Waals surface area contributed by atoms with Crippen LogP contribution in [0.3, 0.4) is 0 Å². The van der Waals surface area contributed by atoms with Crippen molar-refractivity contribution in [2.45, 2.75) is 32.9 Å². The van der Waals surface area contributed by atoms with Gasteiger partial charge in [-0.1, -0.05) is 6.07 Å². The Morgan fingerprint density at radius 3 is 2.62 bits per heavy atom. The molecule has 0 unspecified atom stereocenters. The summed E-state index contributed by atoms with van der Waals surface area (Å²) < 4.78 is 10.8. The van der Waals surface area contributed by atoms with E-state index in [1.165, 1.54) is 5.56 Å². The minimum absolute atomic E-state index is 0.0490. The fourth-order valence-electron chi connectivity index (χ4n) is 3.44. The molecule has 3 heterocycles. The summed E-state index contributed by atoms with van der Waals surface area (Å²) in [5, 5.41) is 3.21. The molecule has 1 N–H and O–H groups in total. The van der Waals surface area contributed by atoms with E-state index in [9.17, 15) is 4.79 Å². The van der Waals surface area contributed by atoms with E-state index in [1.54, 1.807) is 12.3 Å². The Bertz CT molecular complexity index is 888. The van der Waals surface area contributed by atoms with Crippen molar-refractivity contribution in [3.05, 3.63) is 41.7 Å². The molecule has 4 rings (SSSR count). The van der Waals surface area contributed by atoms with Gasteiger partial charge in [-0.05, 0) is 44.5 Å². The van der Waals surface area contributed by atoms with Gasteiger partial charge in [-0.25, -0.2) is 9.97 Å². The molecule has 0 saturated carbocycles. The first kappa shape index (κ1) is 19.4. The summed E-state index contributed by atoms with van der Waals surface area (Å²) in [6.07, 6.45) is 1.63. The van der Waals surface area contributed by atoms with Gasteiger partial charge in [-0.2, -0.15) is 0 Å². The summed E-state index contributed by atoms with van der Waals surface area (Å²) in [6.45, 7) is 10.2. The summed E-state index contributed by atoms with van der Waals surface area (Å²) in [7, 11) is 0. The normalized spacial score (nSPS) is 16.7. The van der Waals surface area contributed by atoms with Crippen LogP contribution in [0.25, 0.3) is 0 Å². The lowest BCUT2D eigenvalue weighted by Crippen LogP contribution is -2.48. The van der Waals surface area contributed by atoms with Gasteiger partial charge >= 0.3 is 0 Å². The number of piperazine rings is 1. The number of hydrogen-bond donors (Lipinski definition) is 1. The Morgan fingerprint density at radius 1 is 1.10 bits per heavy atom. The first-order valence-electron chi connectivity index (χ1n) is 9.89. The van der Waals surface area contributed by atoms with Gasteiger partial charge < -0.3 is 19.7 Å². The van der Waals surface area contributed by atoms with Crippen molar-refractivity contribution in [2.24, 2.45) is 0 Å². The third-order valence-corrected chi connectivity index (χ3v) is 4.86. The Hall–Kier alpha value is -2.87. The summed E-state index contributed by atoms with van der Waals surface area (Å²) in [4.78, 5) is 25.7. The maximum Gasteiger partial charge on any atom is 0.272 e. The number of benzene rings is 1. The van der Waals surface area contributed by atoms with Gasteiger partial charge in [0, 0.05) is 44.5 Å². The second-order valence-corrected chi connectivity index (χ2v) is 8.40. The van der Waals surface area contributed by atoms with Gasteiger partial charge in [0.25, 0.3) is 5.91 Å². The molecule has 0 aliphatic carbocycles. The molecule has 0 bridgehead atoms. The first-order chi connectivity index (χ1) is 13.9. The van der Waals surface area contributed by atoms with Crippen LogP contribution in [0.15, 0.2) is 30.5 Å². The lowest BCUT2D eigenvalue weighted by atomic mass is 10.1. The quantitative estimate of drug-likeness (QED) is 0.848. The summed E-state index contributed by atoms with van der Waals surface area (Å²) in [6, 6.07) is 7.73. The zero-order valence-electron chi connectivity index (χ0n) is 17.1. The predicted octanol–water partition coefficient (Wildman–Crippen LogP) is 2.37. The van der Waals surface area contributed by atoms with Crippen molar-refractivity contribution < 1.29 is 14.3 Å². The van der Waals surface area contributed by atoms with Crippen molar-refractivity contribution in [3.8, 4) is 11.5 Å². The van der Waals surface area contributed by atoms with E-state index in [-0.39, 0.29) is 18.2 Å². The molecule has 1 aromatic heterocycles. The van der Waals surface area contributed by atoms with Crippen molar-refractivity contribution in [1.29, 1.82) is 0 Å². The average Bonchev–Trinajstić information content (AvgIpc) is 3.15. The molecule has 1 amide bonds. The molecule has 0 atom stereocenters. The number of fused-ring (bicyclic) bond motifs is 1. The molecule has 0 radical (unpaired) electrons. The molecule has 1 fully saturated rings. The average molecular weight is 397 g/mol. The van der Waals surface area contributed by atoms with E-state index in [1.807, 2.05) is 37.8 Å². The van der Waals surface area contributed by atoms with E-state index in [0.717, 1.165) is 31.1 Å². The van der Waals surface area contributed by atoms with Gasteiger partial charge in [-0.15, -0.1) is 0 Å². The lowest BCUT2D eigenvalue weighted by molar-refractivity contribution is 0.0622. The summed E-state index contributed by atoms with van der Waals surface area (Å²) in [5.41, 5.74) is 1.45. The van der Waals surface area contributed by atoms with Crippen LogP contribution in [0.5, 0.6) is 11.5 Å². The largest absolute Gasteiger partial charge is 0.454 e. The second-order valence-electron chi connectivity index (χ2n) is 8.40. The molecule has 0 spiro atoms. The molecule has 2 aliphatic rings. The number of amides is 1. The number of nitrogens with zero attached hydrogens (tertiary/aromatic N) is 4. The third-order valence-electron chi connectivity index (χ3n) is 4.86. The van der Waals surface area contributed by atoms with Gasteiger partial charge in [0.2, 0.25) is 12.7 Å². The zero-order valence-corrected chi connectivity index (χ0v) is 17.1. The fourth-order valence-corrected chi connectivity index (χ4v) is 3.44. The number of carbonyl (C=O) groups excluding carboxylic acids is 1. The summed E-state index contributed by atoms with van der Waals surface area (Å²) >= 11 is 0. The first-order valence-corrected chi connectivity index (χ1v) is 9.89. The maximum atomic E-state index is 12.9. The van der Waals surface area contributed by atoms with Gasteiger partial charge in [0.1, 0.15) is 5.69 Å². The molecule has 2 aromatic rings. The Labute approximate surface area is 170 Å². The molecule has 1 saturated heterocycles. The van der Waals surface area contributed by atoms with Crippen molar-refractivity contribution in [3.63, 3.8) is 0 Å². The van der Waals surface area contributed by atoms with Gasteiger partial charge in [0.05, 0.1) is 0 Å². The Kier molecular flexibility index (Phi) is 5.27. The van der Waals surface area contributed by atoms with E-state index in [2.05, 4.69) is 26.3 Å². The van der Waals surface area contributed by atoms with E-state index < -0.39 is 0 Å². The molecular weight excluding hydrogens is 370 g/mol. The minimum atomic E-state index is -0.165. The van der Waals surface area contributed by atoms with E-state index >= 15 is 0 Å². The van der Waals surface area contributed by atoms with Crippen LogP contribution in [-0.4, -0.2) is 64.2 Å². The highest BCUT2D eigenvalue weighted by molar-refractivity contribution is 5.92. The summed E-state index contributed by atoms with van der Waals surface area (Å²) in [5.74, 6) is 2.03. The SMILES string of the molecule is CC(C)(C)Nc1nccc(C(=O)N2CCN(Cc3ccc4c(c3)OCO4)CC2)n1. The minimum Gasteiger partial charge on any atom is -0.454 e. The highest BCUT2D eigenvalue weighted by Crippen LogP contribution is 2.32. The van der Waals surface area contributed by atoms with Crippen LogP contribution in [0.1, 0.15) is 36.8 Å². The van der Waals surface area contributed by atoms with Crippen LogP contribution in [-0.2, 0) is 6.54 Å². The van der Waals surface area contributed by atoms with Crippen LogP contribution < -0.4 is 14.8 Å². The number of nitrogens with one attached hydrogen (secondary N) is 1. The Morgan fingerprint density at radius 2 is 1.86 bits per heavy atom. The number of ether oxygens (including phenoxy) is 2. The second kappa shape index (κ2) is 7.87. The fraction of sp³-hybridized carbons (Fsp3) is 0.476. The van der Waals surface area contributed by atoms with Gasteiger partial charge in [0.15, 0.2) is 11.5 Å². The van der Waals surface area contributed by atoms with Crippen molar-refractivity contribution in [1.82, 2.24) is 19.8 Å². The molecular formula is C21H27N5O3. The lowest BCUT2D eigenvalue weighted by Gasteiger charge is -2.34. The predicted molar refractivity (Wildman–Crippen MR) is 109 cm³/mol. The number of carbonyl (C=O) groups is 1. The highest BCUT2D eigenvalue weighted by Gasteiger charge is 2.24. The van der Waals surface area contributed by atoms with Crippen LogP contribution >= 0.6 is 0 Å². The highest BCUT2D eigenvalue weighted by atomic mass is 16.7. The number of rotatable bonds is 4. The third kappa shape index (κ3) is 4.76. The van der Waals surface area contributed by atoms with Crippen molar-refractivity contribution in [2.75, 3.05) is 38.3 Å². The maximum absolute atomic E-state index is 12.9. The molecule has 8 heteroatoms. The Balaban J connectivity index is 1.33. The smallest absolute Gasteiger partial charge is 0.272 e. The molecule has 29 heavy (non-hydrogen) atoms. The van der Waals surface area contributed by atoms with Crippen molar-refractivity contribution >= 4 is 11.9 Å². The van der Waals surface area contributed by atoms with Gasteiger partial charge in [-0.3, -0.25) is 9.69 Å². The number of hydrogen-bond acceptors (Lipinski definition) is 7. The number of aromatic nitrogens is 2. The van der Waals surface area contributed by atoms with E-state index in [0.29, 0.717) is 24.7 Å². The zero-order chi connectivity index (χ0) is 20.4. The van der Waals surface area contributed by atoms with Crippen LogP contribution in [0.2, 0.25) is 0 Å². The molecule has 1 aromatic carbocycles.